The molecule has 4 rings (SSSR count). The third kappa shape index (κ3) is 3.52. The second-order valence-corrected chi connectivity index (χ2v) is 7.30. The molecule has 1 fully saturated rings. The number of benzene rings is 2. The number of carbonyl (C=O) groups is 1. The Morgan fingerprint density at radius 1 is 1.07 bits per heavy atom. The molecule has 3 aromatic rings. The van der Waals surface area contributed by atoms with E-state index in [-0.39, 0.29) is 11.5 Å². The van der Waals surface area contributed by atoms with E-state index in [0.29, 0.717) is 23.5 Å². The standard InChI is InChI=1S/C23H23NO4/c1-15-13-21(25)28-22-16(2)20(10-9-19(15)22)27-14-17-5-7-18(8-6-17)23(26)24-11-3-4-12-24/h5-10,13H,3-4,11-12,14H2,1-2H3. The van der Waals surface area contributed by atoms with Gasteiger partial charge in [0.05, 0.1) is 0 Å². The van der Waals surface area contributed by atoms with Crippen molar-refractivity contribution in [3.63, 3.8) is 0 Å². The molecule has 1 aliphatic heterocycles. The largest absolute Gasteiger partial charge is 0.488 e. The van der Waals surface area contributed by atoms with Crippen LogP contribution in [-0.4, -0.2) is 23.9 Å². The molecule has 2 aromatic carbocycles. The van der Waals surface area contributed by atoms with Crippen LogP contribution < -0.4 is 10.4 Å². The van der Waals surface area contributed by atoms with Gasteiger partial charge < -0.3 is 14.1 Å². The van der Waals surface area contributed by atoms with Gasteiger partial charge in [-0.1, -0.05) is 12.1 Å². The fourth-order valence-electron chi connectivity index (χ4n) is 3.66. The highest BCUT2D eigenvalue weighted by molar-refractivity contribution is 5.94. The molecule has 0 bridgehead atoms. The van der Waals surface area contributed by atoms with Crippen molar-refractivity contribution in [1.82, 2.24) is 4.90 Å². The molecule has 1 saturated heterocycles. The van der Waals surface area contributed by atoms with E-state index in [9.17, 15) is 9.59 Å². The minimum Gasteiger partial charge on any atom is -0.488 e. The number of aryl methyl sites for hydroxylation is 2. The zero-order valence-electron chi connectivity index (χ0n) is 16.2. The van der Waals surface area contributed by atoms with Gasteiger partial charge in [0, 0.05) is 35.7 Å². The van der Waals surface area contributed by atoms with Gasteiger partial charge in [-0.2, -0.15) is 0 Å². The Kier molecular flexibility index (Phi) is 4.90. The van der Waals surface area contributed by atoms with Gasteiger partial charge in [-0.3, -0.25) is 4.79 Å². The van der Waals surface area contributed by atoms with E-state index in [0.717, 1.165) is 48.0 Å². The molecular formula is C23H23NO4. The fraction of sp³-hybridized carbons (Fsp3) is 0.304. The van der Waals surface area contributed by atoms with E-state index in [1.807, 2.05) is 55.1 Å². The quantitative estimate of drug-likeness (QED) is 0.639. The molecule has 2 heterocycles. The predicted octanol–water partition coefficient (Wildman–Crippen LogP) is 4.22. The summed E-state index contributed by atoms with van der Waals surface area (Å²) in [4.78, 5) is 26.0. The van der Waals surface area contributed by atoms with Gasteiger partial charge in [-0.25, -0.2) is 4.79 Å². The minimum absolute atomic E-state index is 0.0979. The van der Waals surface area contributed by atoms with Gasteiger partial charge in [0.25, 0.3) is 5.91 Å². The van der Waals surface area contributed by atoms with Gasteiger partial charge >= 0.3 is 5.63 Å². The lowest BCUT2D eigenvalue weighted by molar-refractivity contribution is 0.0793. The summed E-state index contributed by atoms with van der Waals surface area (Å²) in [5, 5.41) is 0.911. The number of hydrogen-bond acceptors (Lipinski definition) is 4. The third-order valence-electron chi connectivity index (χ3n) is 5.31. The zero-order valence-corrected chi connectivity index (χ0v) is 16.2. The molecule has 28 heavy (non-hydrogen) atoms. The molecule has 0 N–H and O–H groups in total. The minimum atomic E-state index is -0.358. The first-order valence-corrected chi connectivity index (χ1v) is 9.58. The highest BCUT2D eigenvalue weighted by Gasteiger charge is 2.19. The lowest BCUT2D eigenvalue weighted by Gasteiger charge is -2.15. The first-order valence-electron chi connectivity index (χ1n) is 9.58. The smallest absolute Gasteiger partial charge is 0.336 e. The Morgan fingerprint density at radius 3 is 2.50 bits per heavy atom. The second-order valence-electron chi connectivity index (χ2n) is 7.30. The van der Waals surface area contributed by atoms with Gasteiger partial charge in [0.15, 0.2) is 0 Å². The van der Waals surface area contributed by atoms with E-state index in [1.54, 1.807) is 0 Å². The molecular weight excluding hydrogens is 354 g/mol. The van der Waals surface area contributed by atoms with Gasteiger partial charge in [-0.15, -0.1) is 0 Å². The summed E-state index contributed by atoms with van der Waals surface area (Å²) in [6.45, 7) is 5.85. The molecule has 0 spiro atoms. The molecule has 0 saturated carbocycles. The Labute approximate surface area is 163 Å². The molecule has 0 atom stereocenters. The molecule has 0 aliphatic carbocycles. The summed E-state index contributed by atoms with van der Waals surface area (Å²) in [6, 6.07) is 12.9. The number of rotatable bonds is 4. The lowest BCUT2D eigenvalue weighted by Crippen LogP contribution is -2.27. The molecule has 5 nitrogen and oxygen atoms in total. The van der Waals surface area contributed by atoms with Crippen LogP contribution in [0.3, 0.4) is 0 Å². The highest BCUT2D eigenvalue weighted by Crippen LogP contribution is 2.28. The Morgan fingerprint density at radius 2 is 1.79 bits per heavy atom. The highest BCUT2D eigenvalue weighted by atomic mass is 16.5. The van der Waals surface area contributed by atoms with Crippen LogP contribution in [0.5, 0.6) is 5.75 Å². The first kappa shape index (κ1) is 18.3. The number of nitrogens with zero attached hydrogens (tertiary/aromatic N) is 1. The summed E-state index contributed by atoms with van der Waals surface area (Å²) in [5.41, 5.74) is 3.59. The van der Waals surface area contributed by atoms with Gasteiger partial charge in [0.1, 0.15) is 17.9 Å². The van der Waals surface area contributed by atoms with Crippen LogP contribution in [0.4, 0.5) is 0 Å². The Bertz CT molecular complexity index is 1080. The van der Waals surface area contributed by atoms with E-state index in [1.165, 1.54) is 6.07 Å². The van der Waals surface area contributed by atoms with Crippen molar-refractivity contribution < 1.29 is 13.9 Å². The van der Waals surface area contributed by atoms with Gasteiger partial charge in [0.2, 0.25) is 0 Å². The lowest BCUT2D eigenvalue weighted by atomic mass is 10.1. The van der Waals surface area contributed by atoms with Crippen molar-refractivity contribution in [3.8, 4) is 5.75 Å². The summed E-state index contributed by atoms with van der Waals surface area (Å²) in [7, 11) is 0. The van der Waals surface area contributed by atoms with Crippen molar-refractivity contribution in [2.75, 3.05) is 13.1 Å². The van der Waals surface area contributed by atoms with Crippen LogP contribution in [0.2, 0.25) is 0 Å². The predicted molar refractivity (Wildman–Crippen MR) is 108 cm³/mol. The fourth-order valence-corrected chi connectivity index (χ4v) is 3.66. The van der Waals surface area contributed by atoms with Crippen molar-refractivity contribution in [2.24, 2.45) is 0 Å². The molecule has 1 amide bonds. The monoisotopic (exact) mass is 377 g/mol. The summed E-state index contributed by atoms with van der Waals surface area (Å²) in [5.74, 6) is 0.777. The van der Waals surface area contributed by atoms with E-state index < -0.39 is 0 Å². The number of amides is 1. The molecule has 1 aromatic heterocycles. The van der Waals surface area contributed by atoms with Crippen LogP contribution in [0.1, 0.15) is 39.9 Å². The number of fused-ring (bicyclic) bond motifs is 1. The normalized spacial score (nSPS) is 13.9. The second kappa shape index (κ2) is 7.50. The van der Waals surface area contributed by atoms with Crippen molar-refractivity contribution >= 4 is 16.9 Å². The number of hydrogen-bond donors (Lipinski definition) is 0. The molecule has 0 unspecified atom stereocenters. The summed E-state index contributed by atoms with van der Waals surface area (Å²) in [6.07, 6.45) is 2.17. The number of likely N-dealkylation sites (tertiary alicyclic amines) is 1. The van der Waals surface area contributed by atoms with Crippen LogP contribution >= 0.6 is 0 Å². The molecule has 0 radical (unpaired) electrons. The molecule has 1 aliphatic rings. The zero-order chi connectivity index (χ0) is 19.7. The first-order chi connectivity index (χ1) is 13.5. The van der Waals surface area contributed by atoms with E-state index in [2.05, 4.69) is 0 Å². The number of carbonyl (C=O) groups excluding carboxylic acids is 1. The van der Waals surface area contributed by atoms with Crippen LogP contribution in [0.25, 0.3) is 11.0 Å². The Balaban J connectivity index is 1.49. The molecule has 5 heteroatoms. The van der Waals surface area contributed by atoms with Crippen LogP contribution in [0.15, 0.2) is 51.7 Å². The van der Waals surface area contributed by atoms with E-state index >= 15 is 0 Å². The average molecular weight is 377 g/mol. The van der Waals surface area contributed by atoms with Gasteiger partial charge in [-0.05, 0) is 62.1 Å². The molecule has 144 valence electrons. The summed E-state index contributed by atoms with van der Waals surface area (Å²) >= 11 is 0. The number of ether oxygens (including phenoxy) is 1. The van der Waals surface area contributed by atoms with Crippen molar-refractivity contribution in [3.05, 3.63) is 75.1 Å². The Hall–Kier alpha value is -3.08. The summed E-state index contributed by atoms with van der Waals surface area (Å²) < 4.78 is 11.3. The average Bonchev–Trinajstić information content (AvgIpc) is 3.22. The van der Waals surface area contributed by atoms with Crippen LogP contribution in [-0.2, 0) is 6.61 Å². The van der Waals surface area contributed by atoms with Crippen molar-refractivity contribution in [2.45, 2.75) is 33.3 Å². The maximum absolute atomic E-state index is 12.4. The van der Waals surface area contributed by atoms with Crippen LogP contribution in [0, 0.1) is 13.8 Å². The van der Waals surface area contributed by atoms with E-state index in [4.69, 9.17) is 9.15 Å². The maximum atomic E-state index is 12.4. The SMILES string of the molecule is Cc1cc(=O)oc2c(C)c(OCc3ccc(C(=O)N4CCCC4)cc3)ccc12. The van der Waals surface area contributed by atoms with Crippen molar-refractivity contribution in [1.29, 1.82) is 0 Å². The third-order valence-corrected chi connectivity index (χ3v) is 5.31. The topological polar surface area (TPSA) is 59.8 Å². The maximum Gasteiger partial charge on any atom is 0.336 e.